The summed E-state index contributed by atoms with van der Waals surface area (Å²) >= 11 is 3.76. The van der Waals surface area contributed by atoms with E-state index >= 15 is 0 Å². The number of methoxy groups -OCH3 is 1. The minimum absolute atomic E-state index is 0.123. The van der Waals surface area contributed by atoms with Crippen molar-refractivity contribution in [1.29, 1.82) is 0 Å². The van der Waals surface area contributed by atoms with Gasteiger partial charge in [0.1, 0.15) is 6.10 Å². The number of hydrogen-bond acceptors (Lipinski definition) is 4. The molecule has 3 nitrogen and oxygen atoms in total. The molecular weight excluding hydrogens is 150 g/mol. The summed E-state index contributed by atoms with van der Waals surface area (Å²) in [6.07, 6.45) is 0.306. The Balaban J connectivity index is 2.41. The van der Waals surface area contributed by atoms with Crippen LogP contribution < -0.4 is 0 Å². The molecule has 60 valence electrons. The lowest BCUT2D eigenvalue weighted by Crippen LogP contribution is -2.26. The summed E-state index contributed by atoms with van der Waals surface area (Å²) in [5.41, 5.74) is 0. The number of thiol groups is 1. The van der Waals surface area contributed by atoms with Gasteiger partial charge in [0.05, 0.1) is 6.10 Å². The first-order valence-corrected chi connectivity index (χ1v) is 3.66. The van der Waals surface area contributed by atoms with Crippen LogP contribution in [0.15, 0.2) is 0 Å². The van der Waals surface area contributed by atoms with Gasteiger partial charge in [-0.25, -0.2) is 0 Å². The van der Waals surface area contributed by atoms with Crippen LogP contribution >= 0.6 is 12.9 Å². The average Bonchev–Trinajstić information content (AvgIpc) is 2.30. The number of ether oxygens (including phenoxy) is 1. The molecule has 0 aliphatic carbocycles. The molecule has 1 aliphatic rings. The summed E-state index contributed by atoms with van der Waals surface area (Å²) in [5.74, 6) is 0. The fourth-order valence-corrected chi connectivity index (χ4v) is 1.45. The molecule has 1 saturated heterocycles. The van der Waals surface area contributed by atoms with Gasteiger partial charge < -0.3 is 13.8 Å². The zero-order valence-corrected chi connectivity index (χ0v) is 7.17. The topological polar surface area (TPSA) is 21.7 Å². The molecule has 10 heavy (non-hydrogen) atoms. The molecule has 2 unspecified atom stereocenters. The van der Waals surface area contributed by atoms with Crippen LogP contribution in [-0.4, -0.2) is 44.4 Å². The minimum Gasteiger partial charge on any atom is -0.377 e. The Morgan fingerprint density at radius 3 is 2.40 bits per heavy atom. The molecule has 0 spiro atoms. The van der Waals surface area contributed by atoms with Crippen molar-refractivity contribution in [3.05, 3.63) is 0 Å². The highest BCUT2D eigenvalue weighted by Crippen LogP contribution is 2.14. The van der Waals surface area contributed by atoms with E-state index in [4.69, 9.17) is 8.92 Å². The normalized spacial score (nSPS) is 35.1. The molecule has 1 rings (SSSR count). The minimum atomic E-state index is 0.123. The van der Waals surface area contributed by atoms with Gasteiger partial charge in [0.2, 0.25) is 0 Å². The first kappa shape index (κ1) is 8.33. The highest BCUT2D eigenvalue weighted by atomic mass is 32.1. The van der Waals surface area contributed by atoms with Crippen molar-refractivity contribution in [3.8, 4) is 0 Å². The molecule has 1 heterocycles. The molecule has 0 aromatic carbocycles. The van der Waals surface area contributed by atoms with E-state index < -0.39 is 0 Å². The Kier molecular flexibility index (Phi) is 2.97. The Bertz CT molecular complexity index is 99.9. The van der Waals surface area contributed by atoms with E-state index in [9.17, 15) is 0 Å². The van der Waals surface area contributed by atoms with Crippen LogP contribution in [0, 0.1) is 0 Å². The van der Waals surface area contributed by atoms with Crippen LogP contribution in [0.1, 0.15) is 0 Å². The van der Waals surface area contributed by atoms with Crippen LogP contribution in [0.5, 0.6) is 0 Å². The molecule has 0 bridgehead atoms. The number of likely N-dealkylation sites (tertiary alicyclic amines) is 1. The van der Waals surface area contributed by atoms with Crippen LogP contribution in [0.4, 0.5) is 0 Å². The summed E-state index contributed by atoms with van der Waals surface area (Å²) in [4.78, 5) is 2.16. The lowest BCUT2D eigenvalue weighted by Gasteiger charge is -2.12. The Morgan fingerprint density at radius 2 is 2.00 bits per heavy atom. The first-order valence-electron chi connectivity index (χ1n) is 3.29. The maximum Gasteiger partial charge on any atom is 0.112 e. The number of likely N-dealkylation sites (N-methyl/N-ethyl adjacent to an activating group) is 1. The molecule has 0 saturated carbocycles. The Hall–Kier alpha value is 0.230. The number of hydrogen-bond donors (Lipinski definition) is 1. The van der Waals surface area contributed by atoms with Crippen LogP contribution in [-0.2, 0) is 8.92 Å². The van der Waals surface area contributed by atoms with Gasteiger partial charge in [-0.3, -0.25) is 0 Å². The molecular formula is C6H13NO2S. The van der Waals surface area contributed by atoms with E-state index in [0.717, 1.165) is 13.1 Å². The van der Waals surface area contributed by atoms with Crippen molar-refractivity contribution < 1.29 is 8.92 Å². The standard InChI is InChI=1S/C6H13NO2S/c1-7-3-5(8-2)6(4-7)9-10/h5-6,10H,3-4H2,1-2H3. The van der Waals surface area contributed by atoms with E-state index in [1.807, 2.05) is 7.05 Å². The lowest BCUT2D eigenvalue weighted by molar-refractivity contribution is 0.0448. The maximum atomic E-state index is 5.17. The third-order valence-corrected chi connectivity index (χ3v) is 2.11. The molecule has 2 atom stereocenters. The van der Waals surface area contributed by atoms with E-state index in [0.29, 0.717) is 0 Å². The van der Waals surface area contributed by atoms with Gasteiger partial charge in [-0.1, -0.05) is 0 Å². The van der Waals surface area contributed by atoms with Gasteiger partial charge in [-0.05, 0) is 20.0 Å². The summed E-state index contributed by atoms with van der Waals surface area (Å²) in [6.45, 7) is 1.84. The summed E-state index contributed by atoms with van der Waals surface area (Å²) in [6, 6.07) is 0. The second-order valence-electron chi connectivity index (χ2n) is 2.64. The zero-order valence-electron chi connectivity index (χ0n) is 6.28. The fourth-order valence-electron chi connectivity index (χ4n) is 1.25. The molecule has 1 aliphatic heterocycles. The third-order valence-electron chi connectivity index (χ3n) is 1.84. The van der Waals surface area contributed by atoms with Crippen molar-refractivity contribution >= 4 is 12.9 Å². The van der Waals surface area contributed by atoms with E-state index in [-0.39, 0.29) is 12.2 Å². The van der Waals surface area contributed by atoms with Crippen molar-refractivity contribution in [2.75, 3.05) is 27.2 Å². The predicted molar refractivity (Wildman–Crippen MR) is 42.2 cm³/mol. The smallest absolute Gasteiger partial charge is 0.112 e. The van der Waals surface area contributed by atoms with Crippen LogP contribution in [0.2, 0.25) is 0 Å². The molecule has 0 aromatic rings. The van der Waals surface area contributed by atoms with Crippen molar-refractivity contribution in [1.82, 2.24) is 4.90 Å². The van der Waals surface area contributed by atoms with Gasteiger partial charge >= 0.3 is 0 Å². The van der Waals surface area contributed by atoms with Gasteiger partial charge in [0.25, 0.3) is 0 Å². The highest BCUT2D eigenvalue weighted by Gasteiger charge is 2.30. The van der Waals surface area contributed by atoms with Crippen LogP contribution in [0.25, 0.3) is 0 Å². The summed E-state index contributed by atoms with van der Waals surface area (Å²) < 4.78 is 10.1. The molecule has 0 N–H and O–H groups in total. The SMILES string of the molecule is COC1CN(C)CC1OS. The average molecular weight is 163 g/mol. The highest BCUT2D eigenvalue weighted by molar-refractivity contribution is 7.75. The molecule has 0 aromatic heterocycles. The molecule has 1 fully saturated rings. The Morgan fingerprint density at radius 1 is 1.40 bits per heavy atom. The second kappa shape index (κ2) is 3.57. The summed E-state index contributed by atoms with van der Waals surface area (Å²) in [7, 11) is 3.74. The van der Waals surface area contributed by atoms with Crippen LogP contribution in [0.3, 0.4) is 0 Å². The van der Waals surface area contributed by atoms with Gasteiger partial charge in [-0.2, -0.15) is 0 Å². The largest absolute Gasteiger partial charge is 0.377 e. The summed E-state index contributed by atoms with van der Waals surface area (Å²) in [5, 5.41) is 0. The zero-order chi connectivity index (χ0) is 7.56. The monoisotopic (exact) mass is 163 g/mol. The first-order chi connectivity index (χ1) is 4.77. The molecule has 0 radical (unpaired) electrons. The number of rotatable bonds is 2. The quantitative estimate of drug-likeness (QED) is 0.463. The third kappa shape index (κ3) is 1.63. The maximum absolute atomic E-state index is 5.17. The second-order valence-corrected chi connectivity index (χ2v) is 2.85. The van der Waals surface area contributed by atoms with Gasteiger partial charge in [0.15, 0.2) is 0 Å². The van der Waals surface area contributed by atoms with E-state index in [2.05, 4.69) is 17.8 Å². The molecule has 0 amide bonds. The van der Waals surface area contributed by atoms with Gasteiger partial charge in [0, 0.05) is 20.2 Å². The van der Waals surface area contributed by atoms with E-state index in [1.54, 1.807) is 7.11 Å². The fraction of sp³-hybridized carbons (Fsp3) is 1.00. The van der Waals surface area contributed by atoms with Crippen molar-refractivity contribution in [3.63, 3.8) is 0 Å². The van der Waals surface area contributed by atoms with Gasteiger partial charge in [-0.15, -0.1) is 0 Å². The lowest BCUT2D eigenvalue weighted by atomic mass is 10.3. The van der Waals surface area contributed by atoms with Crippen molar-refractivity contribution in [2.24, 2.45) is 0 Å². The number of nitrogens with zero attached hydrogens (tertiary/aromatic N) is 1. The predicted octanol–water partition coefficient (Wildman–Crippen LogP) is 0.177. The Labute approximate surface area is 66.9 Å². The molecule has 4 heteroatoms. The van der Waals surface area contributed by atoms with E-state index in [1.165, 1.54) is 0 Å². The van der Waals surface area contributed by atoms with Crippen molar-refractivity contribution in [2.45, 2.75) is 12.2 Å².